The number of pyridine rings is 1. The average molecular weight is 246 g/mol. The largest absolute Gasteiger partial charge is 0.384 e. The summed E-state index contributed by atoms with van der Waals surface area (Å²) >= 11 is 0. The lowest BCUT2D eigenvalue weighted by molar-refractivity contribution is -0.120. The minimum atomic E-state index is 0.0331. The van der Waals surface area contributed by atoms with Crippen molar-refractivity contribution in [3.63, 3.8) is 0 Å². The molecule has 0 saturated carbocycles. The molecule has 0 aromatic carbocycles. The Bertz CT molecular complexity index is 437. The minimum absolute atomic E-state index is 0.0331. The SMILES string of the molecule is CC(C)CNC(=O)CCNc1ccnc(C#N)c1. The molecule has 96 valence electrons. The quantitative estimate of drug-likeness (QED) is 0.798. The van der Waals surface area contributed by atoms with Crippen LogP contribution in [0.4, 0.5) is 5.69 Å². The number of hydrogen-bond acceptors (Lipinski definition) is 4. The number of rotatable bonds is 6. The molecule has 0 fully saturated rings. The van der Waals surface area contributed by atoms with Crippen LogP contribution in [0.1, 0.15) is 26.0 Å². The highest BCUT2D eigenvalue weighted by molar-refractivity contribution is 5.76. The predicted octanol–water partition coefficient (Wildman–Crippen LogP) is 1.53. The summed E-state index contributed by atoms with van der Waals surface area (Å²) in [6, 6.07) is 5.40. The molecular weight excluding hydrogens is 228 g/mol. The fraction of sp³-hybridized carbons (Fsp3) is 0.462. The van der Waals surface area contributed by atoms with Crippen molar-refractivity contribution >= 4 is 11.6 Å². The van der Waals surface area contributed by atoms with E-state index in [1.807, 2.05) is 6.07 Å². The molecule has 1 rings (SSSR count). The number of nitrogens with zero attached hydrogens (tertiary/aromatic N) is 2. The summed E-state index contributed by atoms with van der Waals surface area (Å²) in [6.07, 6.45) is 1.98. The lowest BCUT2D eigenvalue weighted by Gasteiger charge is -2.09. The van der Waals surface area contributed by atoms with E-state index < -0.39 is 0 Å². The molecule has 0 radical (unpaired) electrons. The van der Waals surface area contributed by atoms with Gasteiger partial charge in [-0.2, -0.15) is 5.26 Å². The smallest absolute Gasteiger partial charge is 0.221 e. The molecule has 0 spiro atoms. The van der Waals surface area contributed by atoms with Crippen LogP contribution in [0.15, 0.2) is 18.3 Å². The molecule has 1 amide bonds. The van der Waals surface area contributed by atoms with E-state index in [9.17, 15) is 4.79 Å². The van der Waals surface area contributed by atoms with Gasteiger partial charge in [-0.25, -0.2) is 4.98 Å². The van der Waals surface area contributed by atoms with E-state index in [0.717, 1.165) is 5.69 Å². The summed E-state index contributed by atoms with van der Waals surface area (Å²) in [4.78, 5) is 15.3. The van der Waals surface area contributed by atoms with E-state index >= 15 is 0 Å². The molecule has 0 aliphatic carbocycles. The number of hydrogen-bond donors (Lipinski definition) is 2. The van der Waals surface area contributed by atoms with Gasteiger partial charge in [-0.1, -0.05) is 13.8 Å². The third-order valence-electron chi connectivity index (χ3n) is 2.26. The van der Waals surface area contributed by atoms with Gasteiger partial charge < -0.3 is 10.6 Å². The van der Waals surface area contributed by atoms with Gasteiger partial charge in [-0.05, 0) is 18.1 Å². The molecule has 0 saturated heterocycles. The zero-order valence-corrected chi connectivity index (χ0v) is 10.7. The van der Waals surface area contributed by atoms with Crippen molar-refractivity contribution in [2.45, 2.75) is 20.3 Å². The van der Waals surface area contributed by atoms with Gasteiger partial charge >= 0.3 is 0 Å². The maximum atomic E-state index is 11.4. The van der Waals surface area contributed by atoms with Gasteiger partial charge in [0.2, 0.25) is 5.91 Å². The topological polar surface area (TPSA) is 77.8 Å². The first-order chi connectivity index (χ1) is 8.61. The number of amides is 1. The lowest BCUT2D eigenvalue weighted by atomic mass is 10.2. The first-order valence-corrected chi connectivity index (χ1v) is 5.98. The normalized spacial score (nSPS) is 9.89. The van der Waals surface area contributed by atoms with Crippen molar-refractivity contribution in [1.82, 2.24) is 10.3 Å². The third-order valence-corrected chi connectivity index (χ3v) is 2.26. The standard InChI is InChI=1S/C13H18N4O/c1-10(2)9-17-13(18)4-6-15-11-3-5-16-12(7-11)8-14/h3,5,7,10H,4,6,9H2,1-2H3,(H,15,16)(H,17,18). The molecule has 0 atom stereocenters. The van der Waals surface area contributed by atoms with E-state index in [4.69, 9.17) is 5.26 Å². The number of anilines is 1. The summed E-state index contributed by atoms with van der Waals surface area (Å²) in [5.41, 5.74) is 1.17. The van der Waals surface area contributed by atoms with E-state index in [0.29, 0.717) is 31.1 Å². The maximum absolute atomic E-state index is 11.4. The highest BCUT2D eigenvalue weighted by Gasteiger charge is 2.02. The summed E-state index contributed by atoms with van der Waals surface area (Å²) in [6.45, 7) is 5.35. The van der Waals surface area contributed by atoms with Gasteiger partial charge in [-0.15, -0.1) is 0 Å². The molecule has 0 bridgehead atoms. The lowest BCUT2D eigenvalue weighted by Crippen LogP contribution is -2.28. The van der Waals surface area contributed by atoms with Crippen LogP contribution in [0, 0.1) is 17.2 Å². The van der Waals surface area contributed by atoms with Crippen LogP contribution in [-0.4, -0.2) is 24.0 Å². The molecule has 5 nitrogen and oxygen atoms in total. The molecular formula is C13H18N4O. The van der Waals surface area contributed by atoms with E-state index in [-0.39, 0.29) is 5.91 Å². The Morgan fingerprint density at radius 3 is 3.00 bits per heavy atom. The summed E-state index contributed by atoms with van der Waals surface area (Å²) in [7, 11) is 0. The fourth-order valence-electron chi connectivity index (χ4n) is 1.33. The Labute approximate surface area is 107 Å². The van der Waals surface area contributed by atoms with Crippen molar-refractivity contribution in [2.75, 3.05) is 18.4 Å². The van der Waals surface area contributed by atoms with Crippen molar-refractivity contribution in [2.24, 2.45) is 5.92 Å². The molecule has 5 heteroatoms. The van der Waals surface area contributed by atoms with Crippen LogP contribution in [0.25, 0.3) is 0 Å². The second-order valence-electron chi connectivity index (χ2n) is 4.42. The first-order valence-electron chi connectivity index (χ1n) is 5.98. The second kappa shape index (κ2) is 7.28. The Hall–Kier alpha value is -2.09. The highest BCUT2D eigenvalue weighted by atomic mass is 16.1. The van der Waals surface area contributed by atoms with E-state index in [1.54, 1.807) is 18.3 Å². The van der Waals surface area contributed by atoms with Crippen LogP contribution in [-0.2, 0) is 4.79 Å². The van der Waals surface area contributed by atoms with Crippen molar-refractivity contribution in [3.05, 3.63) is 24.0 Å². The van der Waals surface area contributed by atoms with E-state index in [1.165, 1.54) is 0 Å². The van der Waals surface area contributed by atoms with Gasteiger partial charge in [0, 0.05) is 31.4 Å². The number of nitriles is 1. The first kappa shape index (κ1) is 14.0. The number of carbonyl (C=O) groups is 1. The van der Waals surface area contributed by atoms with Crippen LogP contribution in [0.5, 0.6) is 0 Å². The molecule has 0 unspecified atom stereocenters. The van der Waals surface area contributed by atoms with Gasteiger partial charge in [-0.3, -0.25) is 4.79 Å². The minimum Gasteiger partial charge on any atom is -0.384 e. The zero-order chi connectivity index (χ0) is 13.4. The Kier molecular flexibility index (Phi) is 5.65. The van der Waals surface area contributed by atoms with E-state index in [2.05, 4.69) is 29.5 Å². The Morgan fingerprint density at radius 2 is 2.33 bits per heavy atom. The van der Waals surface area contributed by atoms with Gasteiger partial charge in [0.05, 0.1) is 0 Å². The van der Waals surface area contributed by atoms with Gasteiger partial charge in [0.1, 0.15) is 11.8 Å². The summed E-state index contributed by atoms with van der Waals surface area (Å²) in [5, 5.41) is 14.6. The van der Waals surface area contributed by atoms with Crippen molar-refractivity contribution < 1.29 is 4.79 Å². The van der Waals surface area contributed by atoms with Crippen LogP contribution in [0.2, 0.25) is 0 Å². The molecule has 1 aromatic rings. The predicted molar refractivity (Wildman–Crippen MR) is 69.9 cm³/mol. The van der Waals surface area contributed by atoms with Crippen LogP contribution >= 0.6 is 0 Å². The molecule has 0 aliphatic rings. The molecule has 1 aromatic heterocycles. The highest BCUT2D eigenvalue weighted by Crippen LogP contribution is 2.06. The monoisotopic (exact) mass is 246 g/mol. The average Bonchev–Trinajstić information content (AvgIpc) is 2.36. The Morgan fingerprint density at radius 1 is 1.56 bits per heavy atom. The summed E-state index contributed by atoms with van der Waals surface area (Å²) < 4.78 is 0. The zero-order valence-electron chi connectivity index (χ0n) is 10.7. The van der Waals surface area contributed by atoms with Crippen molar-refractivity contribution in [3.8, 4) is 6.07 Å². The number of aromatic nitrogens is 1. The number of carbonyl (C=O) groups excluding carboxylic acids is 1. The molecule has 2 N–H and O–H groups in total. The van der Waals surface area contributed by atoms with Crippen LogP contribution in [0.3, 0.4) is 0 Å². The molecule has 1 heterocycles. The third kappa shape index (κ3) is 5.30. The second-order valence-corrected chi connectivity index (χ2v) is 4.42. The van der Waals surface area contributed by atoms with Crippen molar-refractivity contribution in [1.29, 1.82) is 5.26 Å². The molecule has 0 aliphatic heterocycles. The number of nitrogens with one attached hydrogen (secondary N) is 2. The maximum Gasteiger partial charge on any atom is 0.221 e. The fourth-order valence-corrected chi connectivity index (χ4v) is 1.33. The van der Waals surface area contributed by atoms with Crippen LogP contribution < -0.4 is 10.6 Å². The summed E-state index contributed by atoms with van der Waals surface area (Å²) in [5.74, 6) is 0.492. The van der Waals surface area contributed by atoms with Gasteiger partial charge in [0.25, 0.3) is 0 Å². The Balaban J connectivity index is 2.29. The molecule has 18 heavy (non-hydrogen) atoms. The van der Waals surface area contributed by atoms with Gasteiger partial charge in [0.15, 0.2) is 0 Å².